The summed E-state index contributed by atoms with van der Waals surface area (Å²) in [6, 6.07) is 0. The van der Waals surface area contributed by atoms with Gasteiger partial charge >= 0.3 is 0 Å². The molecule has 17 heavy (non-hydrogen) atoms. The van der Waals surface area contributed by atoms with Crippen molar-refractivity contribution in [2.45, 2.75) is 64.3 Å². The van der Waals surface area contributed by atoms with Crippen molar-refractivity contribution in [2.24, 2.45) is 10.9 Å². The van der Waals surface area contributed by atoms with Gasteiger partial charge in [-0.3, -0.25) is 4.99 Å². The van der Waals surface area contributed by atoms with E-state index in [-0.39, 0.29) is 5.54 Å². The van der Waals surface area contributed by atoms with Crippen molar-refractivity contribution in [3.63, 3.8) is 0 Å². The highest BCUT2D eigenvalue weighted by Gasteiger charge is 2.24. The smallest absolute Gasteiger partial charge is 0.156 e. The maximum atomic E-state index is 4.74. The van der Waals surface area contributed by atoms with Crippen molar-refractivity contribution in [1.29, 1.82) is 0 Å². The van der Waals surface area contributed by atoms with E-state index in [4.69, 9.17) is 4.99 Å². The minimum absolute atomic E-state index is 0.245. The van der Waals surface area contributed by atoms with E-state index in [2.05, 4.69) is 19.2 Å². The Morgan fingerprint density at radius 1 is 1.29 bits per heavy atom. The van der Waals surface area contributed by atoms with Crippen LogP contribution in [0.4, 0.5) is 0 Å². The van der Waals surface area contributed by atoms with Crippen LogP contribution in [0, 0.1) is 5.92 Å². The molecule has 1 N–H and O–H groups in total. The molecule has 1 saturated carbocycles. The minimum atomic E-state index is 0.245. The summed E-state index contributed by atoms with van der Waals surface area (Å²) >= 11 is 1.89. The van der Waals surface area contributed by atoms with Gasteiger partial charge in [0.05, 0.1) is 0 Å². The summed E-state index contributed by atoms with van der Waals surface area (Å²) in [6.07, 6.45) is 9.76. The quantitative estimate of drug-likeness (QED) is 0.828. The van der Waals surface area contributed by atoms with E-state index in [0.29, 0.717) is 0 Å². The molecule has 0 unspecified atom stereocenters. The van der Waals surface area contributed by atoms with E-state index in [1.165, 1.54) is 55.9 Å². The molecule has 0 spiro atoms. The van der Waals surface area contributed by atoms with Crippen LogP contribution in [0.3, 0.4) is 0 Å². The highest BCUT2D eigenvalue weighted by Crippen LogP contribution is 2.26. The van der Waals surface area contributed by atoms with Crippen LogP contribution in [-0.2, 0) is 0 Å². The van der Waals surface area contributed by atoms with Crippen LogP contribution in [0.25, 0.3) is 0 Å². The van der Waals surface area contributed by atoms with Crippen LogP contribution in [-0.4, -0.2) is 23.0 Å². The molecule has 0 aromatic carbocycles. The summed E-state index contributed by atoms with van der Waals surface area (Å²) in [5.41, 5.74) is 0.245. The molecule has 1 heterocycles. The molecule has 0 aromatic rings. The van der Waals surface area contributed by atoms with Gasteiger partial charge in [-0.15, -0.1) is 0 Å². The number of nitrogens with one attached hydrogen (secondary N) is 1. The molecule has 2 aliphatic rings. The first-order valence-corrected chi connectivity index (χ1v) is 8.10. The highest BCUT2D eigenvalue weighted by atomic mass is 32.2. The molecule has 0 atom stereocenters. The number of nitrogens with zero attached hydrogens (tertiary/aromatic N) is 1. The van der Waals surface area contributed by atoms with Crippen LogP contribution in [0.2, 0.25) is 0 Å². The highest BCUT2D eigenvalue weighted by molar-refractivity contribution is 8.13. The van der Waals surface area contributed by atoms with Gasteiger partial charge in [-0.2, -0.15) is 0 Å². The van der Waals surface area contributed by atoms with Crippen LogP contribution in [0.1, 0.15) is 58.8 Å². The zero-order valence-electron chi connectivity index (χ0n) is 11.3. The van der Waals surface area contributed by atoms with Gasteiger partial charge in [0.25, 0.3) is 0 Å². The Morgan fingerprint density at radius 2 is 2.06 bits per heavy atom. The number of amidine groups is 1. The molecule has 1 aliphatic heterocycles. The second-order valence-corrected chi connectivity index (χ2v) is 7.17. The van der Waals surface area contributed by atoms with Crippen LogP contribution in [0.5, 0.6) is 0 Å². The molecule has 0 aromatic heterocycles. The Hall–Kier alpha value is -0.180. The van der Waals surface area contributed by atoms with Gasteiger partial charge in [0, 0.05) is 17.8 Å². The lowest BCUT2D eigenvalue weighted by Gasteiger charge is -2.32. The molecule has 0 radical (unpaired) electrons. The standard InChI is InChI=1S/C14H26N2S/c1-14(2)9-11-17-13(16-14)15-10-8-12-6-4-3-5-7-12/h12H,3-11H2,1-2H3,(H,15,16). The molecule has 2 rings (SSSR count). The zero-order chi connectivity index (χ0) is 12.1. The molecular weight excluding hydrogens is 228 g/mol. The molecule has 1 saturated heterocycles. The Kier molecular flexibility index (Phi) is 4.78. The predicted molar refractivity (Wildman–Crippen MR) is 77.8 cm³/mol. The van der Waals surface area contributed by atoms with Crippen molar-refractivity contribution < 1.29 is 0 Å². The van der Waals surface area contributed by atoms with Crippen LogP contribution in [0.15, 0.2) is 4.99 Å². The van der Waals surface area contributed by atoms with Gasteiger partial charge < -0.3 is 5.32 Å². The molecular formula is C14H26N2S. The molecule has 0 amide bonds. The summed E-state index contributed by atoms with van der Waals surface area (Å²) in [7, 11) is 0. The molecule has 2 nitrogen and oxygen atoms in total. The lowest BCUT2D eigenvalue weighted by molar-refractivity contribution is 0.343. The first-order chi connectivity index (χ1) is 8.16. The van der Waals surface area contributed by atoms with Gasteiger partial charge in [0.1, 0.15) is 0 Å². The number of hydrogen-bond donors (Lipinski definition) is 1. The van der Waals surface area contributed by atoms with Gasteiger partial charge in [-0.05, 0) is 32.6 Å². The largest absolute Gasteiger partial charge is 0.360 e. The third kappa shape index (κ3) is 4.53. The Labute approximate surface area is 110 Å². The van der Waals surface area contributed by atoms with E-state index in [1.807, 2.05) is 11.8 Å². The maximum absolute atomic E-state index is 4.74. The van der Waals surface area contributed by atoms with Gasteiger partial charge in [-0.25, -0.2) is 0 Å². The normalized spacial score (nSPS) is 28.0. The SMILES string of the molecule is CC1(C)CCSC(=NCCC2CCCCC2)N1. The van der Waals surface area contributed by atoms with Crippen molar-refractivity contribution in [3.8, 4) is 0 Å². The average Bonchev–Trinajstić information content (AvgIpc) is 2.29. The third-order valence-electron chi connectivity index (χ3n) is 3.93. The van der Waals surface area contributed by atoms with Crippen molar-refractivity contribution in [3.05, 3.63) is 0 Å². The minimum Gasteiger partial charge on any atom is -0.360 e. The summed E-state index contributed by atoms with van der Waals surface area (Å²) in [5.74, 6) is 2.16. The Balaban J connectivity index is 1.72. The molecule has 98 valence electrons. The number of thioether (sulfide) groups is 1. The lowest BCUT2D eigenvalue weighted by atomic mass is 9.87. The number of hydrogen-bond acceptors (Lipinski definition) is 2. The fourth-order valence-electron chi connectivity index (χ4n) is 2.70. The van der Waals surface area contributed by atoms with E-state index in [1.54, 1.807) is 0 Å². The average molecular weight is 254 g/mol. The number of aliphatic imine (C=N–C) groups is 1. The van der Waals surface area contributed by atoms with Crippen LogP contribution < -0.4 is 5.32 Å². The molecule has 1 aliphatic carbocycles. The summed E-state index contributed by atoms with van der Waals surface area (Å²) in [5, 5.41) is 4.72. The monoisotopic (exact) mass is 254 g/mol. The van der Waals surface area contributed by atoms with E-state index in [0.717, 1.165) is 12.5 Å². The second kappa shape index (κ2) is 6.12. The summed E-state index contributed by atoms with van der Waals surface area (Å²) in [6.45, 7) is 5.56. The summed E-state index contributed by atoms with van der Waals surface area (Å²) in [4.78, 5) is 4.74. The zero-order valence-corrected chi connectivity index (χ0v) is 12.1. The fourth-order valence-corrected chi connectivity index (χ4v) is 4.04. The van der Waals surface area contributed by atoms with E-state index in [9.17, 15) is 0 Å². The predicted octanol–water partition coefficient (Wildman–Crippen LogP) is 3.82. The lowest BCUT2D eigenvalue weighted by Crippen LogP contribution is -2.46. The summed E-state index contributed by atoms with van der Waals surface area (Å²) < 4.78 is 0. The first-order valence-electron chi connectivity index (χ1n) is 7.11. The molecule has 3 heteroatoms. The maximum Gasteiger partial charge on any atom is 0.156 e. The Morgan fingerprint density at radius 3 is 2.76 bits per heavy atom. The second-order valence-electron chi connectivity index (χ2n) is 6.09. The van der Waals surface area contributed by atoms with E-state index >= 15 is 0 Å². The van der Waals surface area contributed by atoms with Gasteiger partial charge in [0.2, 0.25) is 0 Å². The molecule has 0 bridgehead atoms. The topological polar surface area (TPSA) is 24.4 Å². The van der Waals surface area contributed by atoms with Crippen molar-refractivity contribution >= 4 is 16.9 Å². The van der Waals surface area contributed by atoms with Crippen molar-refractivity contribution in [1.82, 2.24) is 5.32 Å². The first kappa shape index (κ1) is 13.3. The van der Waals surface area contributed by atoms with Gasteiger partial charge in [0.15, 0.2) is 5.17 Å². The van der Waals surface area contributed by atoms with Gasteiger partial charge in [-0.1, -0.05) is 43.9 Å². The number of rotatable bonds is 3. The molecule has 2 fully saturated rings. The fraction of sp³-hybridized carbons (Fsp3) is 0.929. The van der Waals surface area contributed by atoms with Crippen LogP contribution >= 0.6 is 11.8 Å². The Bertz CT molecular complexity index is 267. The van der Waals surface area contributed by atoms with Crippen molar-refractivity contribution in [2.75, 3.05) is 12.3 Å². The van der Waals surface area contributed by atoms with E-state index < -0.39 is 0 Å². The third-order valence-corrected chi connectivity index (χ3v) is 4.84.